The van der Waals surface area contributed by atoms with Gasteiger partial charge in [-0.3, -0.25) is 0 Å². The number of hydrogen-bond donors (Lipinski definition) is 3. The highest BCUT2D eigenvalue weighted by Gasteiger charge is 2.13. The summed E-state index contributed by atoms with van der Waals surface area (Å²) in [7, 11) is 0. The third-order valence-electron chi connectivity index (χ3n) is 1.74. The number of phenols is 3. The zero-order valence-electron chi connectivity index (χ0n) is 8.64. The lowest BCUT2D eigenvalue weighted by Gasteiger charge is -2.05. The standard InChI is InChI=1S/C10H12O5.ClH/c1-2-3-15-10(14)6-4-7(11)9(13)8(12)5-6;/h4-5,11-13H,2-3H2,1H3;1H. The largest absolute Gasteiger partial charge is 0.504 e. The van der Waals surface area contributed by atoms with E-state index in [0.29, 0.717) is 6.42 Å². The molecule has 0 heterocycles. The Bertz CT molecular complexity index is 354. The van der Waals surface area contributed by atoms with E-state index in [9.17, 15) is 4.79 Å². The summed E-state index contributed by atoms with van der Waals surface area (Å²) in [6, 6.07) is 2.07. The van der Waals surface area contributed by atoms with E-state index in [0.717, 1.165) is 12.1 Å². The molecular weight excluding hydrogens is 236 g/mol. The van der Waals surface area contributed by atoms with E-state index in [1.165, 1.54) is 0 Å². The smallest absolute Gasteiger partial charge is 0.338 e. The van der Waals surface area contributed by atoms with Gasteiger partial charge in [0.25, 0.3) is 0 Å². The summed E-state index contributed by atoms with van der Waals surface area (Å²) in [5.41, 5.74) is -0.00347. The fourth-order valence-corrected chi connectivity index (χ4v) is 1.00. The summed E-state index contributed by atoms with van der Waals surface area (Å²) in [5, 5.41) is 27.3. The first-order valence-corrected chi connectivity index (χ1v) is 4.48. The summed E-state index contributed by atoms with van der Waals surface area (Å²) < 4.78 is 4.78. The lowest BCUT2D eigenvalue weighted by atomic mass is 10.2. The first-order valence-electron chi connectivity index (χ1n) is 4.48. The molecular formula is C10H13ClO5. The summed E-state index contributed by atoms with van der Waals surface area (Å²) in [4.78, 5) is 11.3. The topological polar surface area (TPSA) is 87.0 Å². The Labute approximate surface area is 98.7 Å². The van der Waals surface area contributed by atoms with Crippen molar-refractivity contribution >= 4 is 18.4 Å². The molecule has 16 heavy (non-hydrogen) atoms. The van der Waals surface area contributed by atoms with Crippen LogP contribution < -0.4 is 0 Å². The molecule has 0 aliphatic heterocycles. The van der Waals surface area contributed by atoms with Crippen LogP contribution in [0.15, 0.2) is 12.1 Å². The molecule has 0 aromatic heterocycles. The Balaban J connectivity index is 0.00000225. The number of hydrogen-bond acceptors (Lipinski definition) is 5. The van der Waals surface area contributed by atoms with Crippen LogP contribution in [-0.4, -0.2) is 27.9 Å². The van der Waals surface area contributed by atoms with Crippen molar-refractivity contribution < 1.29 is 24.9 Å². The quantitative estimate of drug-likeness (QED) is 0.561. The van der Waals surface area contributed by atoms with E-state index >= 15 is 0 Å². The van der Waals surface area contributed by atoms with Gasteiger partial charge < -0.3 is 20.1 Å². The number of aromatic hydroxyl groups is 3. The normalized spacial score (nSPS) is 9.31. The molecule has 0 aliphatic carbocycles. The minimum absolute atomic E-state index is 0. The van der Waals surface area contributed by atoms with Crippen molar-refractivity contribution in [2.24, 2.45) is 0 Å². The molecule has 0 bridgehead atoms. The van der Waals surface area contributed by atoms with Crippen LogP contribution in [0.4, 0.5) is 0 Å². The van der Waals surface area contributed by atoms with Crippen molar-refractivity contribution in [2.75, 3.05) is 6.61 Å². The number of ether oxygens (including phenoxy) is 1. The molecule has 1 aromatic carbocycles. The van der Waals surface area contributed by atoms with E-state index in [1.54, 1.807) is 0 Å². The molecule has 1 rings (SSSR count). The number of phenolic OH excluding ortho intramolecular Hbond substituents is 3. The Hall–Kier alpha value is -1.62. The molecule has 0 radical (unpaired) electrons. The highest BCUT2D eigenvalue weighted by Crippen LogP contribution is 2.35. The van der Waals surface area contributed by atoms with Crippen LogP contribution in [0.5, 0.6) is 17.2 Å². The number of halogens is 1. The van der Waals surface area contributed by atoms with Crippen LogP contribution in [0.3, 0.4) is 0 Å². The Morgan fingerprint density at radius 3 is 2.19 bits per heavy atom. The maximum Gasteiger partial charge on any atom is 0.338 e. The molecule has 0 atom stereocenters. The zero-order valence-corrected chi connectivity index (χ0v) is 9.45. The van der Waals surface area contributed by atoms with Gasteiger partial charge in [-0.05, 0) is 18.6 Å². The van der Waals surface area contributed by atoms with Gasteiger partial charge in [-0.25, -0.2) is 4.79 Å². The van der Waals surface area contributed by atoms with Gasteiger partial charge in [-0.15, -0.1) is 12.4 Å². The van der Waals surface area contributed by atoms with Gasteiger partial charge in [0.05, 0.1) is 12.2 Å². The summed E-state index contributed by atoms with van der Waals surface area (Å²) in [6.45, 7) is 2.11. The highest BCUT2D eigenvalue weighted by molar-refractivity contribution is 5.91. The molecule has 0 unspecified atom stereocenters. The Morgan fingerprint density at radius 2 is 1.75 bits per heavy atom. The molecule has 6 heteroatoms. The lowest BCUT2D eigenvalue weighted by Crippen LogP contribution is -2.05. The number of carbonyl (C=O) groups excluding carboxylic acids is 1. The Kier molecular flexibility index (Phi) is 5.46. The van der Waals surface area contributed by atoms with Crippen molar-refractivity contribution in [2.45, 2.75) is 13.3 Å². The SMILES string of the molecule is CCCOC(=O)c1cc(O)c(O)c(O)c1.Cl. The molecule has 0 spiro atoms. The van der Waals surface area contributed by atoms with Gasteiger partial charge in [0.1, 0.15) is 0 Å². The van der Waals surface area contributed by atoms with Crippen LogP contribution in [0, 0.1) is 0 Å². The average molecular weight is 249 g/mol. The van der Waals surface area contributed by atoms with Crippen LogP contribution in [0.25, 0.3) is 0 Å². The van der Waals surface area contributed by atoms with Crippen molar-refractivity contribution in [3.05, 3.63) is 17.7 Å². The second-order valence-corrected chi connectivity index (χ2v) is 3.00. The van der Waals surface area contributed by atoms with Gasteiger partial charge in [0.15, 0.2) is 17.2 Å². The highest BCUT2D eigenvalue weighted by atomic mass is 35.5. The minimum atomic E-state index is -0.651. The molecule has 3 N–H and O–H groups in total. The fraction of sp³-hybridized carbons (Fsp3) is 0.300. The number of esters is 1. The summed E-state index contributed by atoms with van der Waals surface area (Å²) in [6.07, 6.45) is 0.682. The van der Waals surface area contributed by atoms with Crippen LogP contribution in [0.2, 0.25) is 0 Å². The maximum atomic E-state index is 11.3. The van der Waals surface area contributed by atoms with Gasteiger partial charge in [0.2, 0.25) is 0 Å². The molecule has 1 aromatic rings. The Morgan fingerprint density at radius 1 is 1.25 bits per heavy atom. The predicted molar refractivity (Wildman–Crippen MR) is 59.3 cm³/mol. The van der Waals surface area contributed by atoms with Gasteiger partial charge in [0, 0.05) is 0 Å². The van der Waals surface area contributed by atoms with Gasteiger partial charge in [-0.1, -0.05) is 6.92 Å². The average Bonchev–Trinajstić information content (AvgIpc) is 2.21. The van der Waals surface area contributed by atoms with Crippen LogP contribution in [-0.2, 0) is 4.74 Å². The molecule has 0 aliphatic rings. The minimum Gasteiger partial charge on any atom is -0.504 e. The van der Waals surface area contributed by atoms with Gasteiger partial charge >= 0.3 is 5.97 Å². The van der Waals surface area contributed by atoms with Crippen LogP contribution >= 0.6 is 12.4 Å². The number of benzene rings is 1. The van der Waals surface area contributed by atoms with E-state index in [2.05, 4.69) is 0 Å². The van der Waals surface area contributed by atoms with E-state index < -0.39 is 23.2 Å². The van der Waals surface area contributed by atoms with Crippen molar-refractivity contribution in [1.82, 2.24) is 0 Å². The van der Waals surface area contributed by atoms with E-state index in [1.807, 2.05) is 6.92 Å². The van der Waals surface area contributed by atoms with Crippen molar-refractivity contribution in [1.29, 1.82) is 0 Å². The van der Waals surface area contributed by atoms with Crippen molar-refractivity contribution in [3.63, 3.8) is 0 Å². The van der Waals surface area contributed by atoms with Crippen molar-refractivity contribution in [3.8, 4) is 17.2 Å². The second kappa shape index (κ2) is 6.07. The van der Waals surface area contributed by atoms with E-state index in [4.69, 9.17) is 20.1 Å². The number of carbonyl (C=O) groups is 1. The first-order chi connectivity index (χ1) is 7.06. The molecule has 0 saturated carbocycles. The molecule has 0 amide bonds. The molecule has 0 saturated heterocycles. The second-order valence-electron chi connectivity index (χ2n) is 3.00. The van der Waals surface area contributed by atoms with E-state index in [-0.39, 0.29) is 24.6 Å². The third kappa shape index (κ3) is 3.20. The number of rotatable bonds is 3. The monoisotopic (exact) mass is 248 g/mol. The molecule has 90 valence electrons. The maximum absolute atomic E-state index is 11.3. The van der Waals surface area contributed by atoms with Gasteiger partial charge in [-0.2, -0.15) is 0 Å². The first kappa shape index (κ1) is 14.4. The fourth-order valence-electron chi connectivity index (χ4n) is 1.00. The summed E-state index contributed by atoms with van der Waals surface area (Å²) >= 11 is 0. The predicted octanol–water partition coefficient (Wildman–Crippen LogP) is 1.79. The summed E-state index contributed by atoms with van der Waals surface area (Å²) in [5.74, 6) is -2.42. The van der Waals surface area contributed by atoms with Crippen LogP contribution in [0.1, 0.15) is 23.7 Å². The molecule has 5 nitrogen and oxygen atoms in total. The zero-order chi connectivity index (χ0) is 11.4. The lowest BCUT2D eigenvalue weighted by molar-refractivity contribution is 0.0504. The molecule has 0 fully saturated rings. The third-order valence-corrected chi connectivity index (χ3v) is 1.74.